The average molecular weight is 668 g/mol. The van der Waals surface area contributed by atoms with Crippen LogP contribution in [0.15, 0.2) is 177 Å². The topological polar surface area (TPSA) is 4.93 Å². The van der Waals surface area contributed by atoms with Crippen LogP contribution in [0.1, 0.15) is 33.5 Å². The highest BCUT2D eigenvalue weighted by atomic mass is 32.1. The fourth-order valence-corrected chi connectivity index (χ4v) is 9.91. The molecule has 2 heterocycles. The van der Waals surface area contributed by atoms with Crippen molar-refractivity contribution in [2.45, 2.75) is 5.41 Å². The van der Waals surface area contributed by atoms with Gasteiger partial charge < -0.3 is 4.57 Å². The monoisotopic (exact) mass is 667 g/mol. The van der Waals surface area contributed by atoms with Crippen LogP contribution in [0.2, 0.25) is 0 Å². The van der Waals surface area contributed by atoms with Gasteiger partial charge in [0, 0.05) is 26.4 Å². The van der Waals surface area contributed by atoms with Crippen molar-refractivity contribution in [3.63, 3.8) is 0 Å². The normalized spacial score (nSPS) is 13.0. The van der Waals surface area contributed by atoms with Crippen molar-refractivity contribution < 1.29 is 0 Å². The van der Waals surface area contributed by atoms with Crippen molar-refractivity contribution in [1.82, 2.24) is 4.57 Å². The van der Waals surface area contributed by atoms with Gasteiger partial charge in [-0.15, -0.1) is 11.3 Å². The van der Waals surface area contributed by atoms with E-state index in [4.69, 9.17) is 0 Å². The number of rotatable bonds is 6. The summed E-state index contributed by atoms with van der Waals surface area (Å²) in [4.78, 5) is 0. The van der Waals surface area contributed by atoms with Gasteiger partial charge in [0.25, 0.3) is 0 Å². The largest absolute Gasteiger partial charge is 0.308 e. The molecule has 9 aromatic rings. The molecule has 240 valence electrons. The lowest BCUT2D eigenvalue weighted by Crippen LogP contribution is -2.28. The van der Waals surface area contributed by atoms with E-state index in [1.165, 1.54) is 75.8 Å². The second-order valence-corrected chi connectivity index (χ2v) is 14.4. The number of benzene rings is 7. The quantitative estimate of drug-likeness (QED) is 0.166. The number of nitrogens with zero attached hydrogens (tertiary/aromatic N) is 1. The summed E-state index contributed by atoms with van der Waals surface area (Å²) < 4.78 is 4.89. The molecule has 2 aromatic heterocycles. The van der Waals surface area contributed by atoms with E-state index in [0.29, 0.717) is 0 Å². The Kier molecular flexibility index (Phi) is 6.64. The van der Waals surface area contributed by atoms with E-state index in [1.54, 1.807) is 0 Å². The molecule has 0 unspecified atom stereocenters. The Morgan fingerprint density at radius 2 is 1.16 bits per heavy atom. The third-order valence-corrected chi connectivity index (χ3v) is 12.1. The first-order valence-electron chi connectivity index (χ1n) is 17.4. The van der Waals surface area contributed by atoms with Crippen LogP contribution in [0.3, 0.4) is 0 Å². The first kappa shape index (κ1) is 29.7. The Bertz CT molecular complexity index is 2790. The van der Waals surface area contributed by atoms with Gasteiger partial charge in [0.1, 0.15) is 0 Å². The number of aromatic nitrogens is 1. The molecule has 0 fully saturated rings. The van der Waals surface area contributed by atoms with E-state index in [1.807, 2.05) is 23.5 Å². The van der Waals surface area contributed by atoms with Crippen LogP contribution in [-0.4, -0.2) is 4.57 Å². The Balaban J connectivity index is 1.19. The average Bonchev–Trinajstić information content (AvgIpc) is 3.84. The fourth-order valence-electron chi connectivity index (χ4n) is 8.72. The van der Waals surface area contributed by atoms with Crippen molar-refractivity contribution >= 4 is 54.6 Å². The molecule has 0 N–H and O–H groups in total. The predicted octanol–water partition coefficient (Wildman–Crippen LogP) is 13.3. The van der Waals surface area contributed by atoms with Gasteiger partial charge in [-0.3, -0.25) is 0 Å². The molecule has 0 saturated heterocycles. The Morgan fingerprint density at radius 3 is 1.92 bits per heavy atom. The number of fused-ring (bicyclic) bond motifs is 7. The highest BCUT2D eigenvalue weighted by Gasteiger charge is 2.46. The first-order valence-corrected chi connectivity index (χ1v) is 18.2. The minimum atomic E-state index is -0.425. The van der Waals surface area contributed by atoms with E-state index < -0.39 is 5.41 Å². The van der Waals surface area contributed by atoms with Crippen LogP contribution < -0.4 is 0 Å². The van der Waals surface area contributed by atoms with Gasteiger partial charge in [-0.25, -0.2) is 0 Å². The molecule has 0 saturated carbocycles. The molecule has 1 aliphatic rings. The molecule has 7 aromatic carbocycles. The number of hydrogen-bond acceptors (Lipinski definition) is 1. The third kappa shape index (κ3) is 4.15. The van der Waals surface area contributed by atoms with E-state index in [9.17, 15) is 0 Å². The zero-order valence-electron chi connectivity index (χ0n) is 28.0. The molecular formula is C49H33NS. The first-order chi connectivity index (χ1) is 25.2. The molecule has 0 spiro atoms. The van der Waals surface area contributed by atoms with Crippen molar-refractivity contribution in [3.05, 3.63) is 210 Å². The lowest BCUT2D eigenvalue weighted by molar-refractivity contribution is 0.769. The van der Waals surface area contributed by atoms with Crippen molar-refractivity contribution in [3.8, 4) is 27.9 Å². The van der Waals surface area contributed by atoms with E-state index in [0.717, 1.165) is 16.8 Å². The standard InChI is InChI=1S/C49H33NS/c1-3-36-39-21-12-14-24-45(39)50(44(36)4-2)46-25-15-22-40-41-30-32(27-29-47(41)51-48(40)46)33-26-28-38-37-20-11-13-23-42(37)49(43(38)31-33,34-16-7-5-8-17-34)35-18-9-6-10-19-35/h3-31H,1-2H2. The molecule has 0 radical (unpaired) electrons. The van der Waals surface area contributed by atoms with Crippen LogP contribution in [0, 0.1) is 0 Å². The van der Waals surface area contributed by atoms with E-state index in [-0.39, 0.29) is 0 Å². The Labute approximate surface area is 301 Å². The third-order valence-electron chi connectivity index (χ3n) is 10.9. The van der Waals surface area contributed by atoms with Crippen LogP contribution in [-0.2, 0) is 5.41 Å². The second kappa shape index (κ2) is 11.4. The maximum atomic E-state index is 4.21. The molecular weight excluding hydrogens is 635 g/mol. The lowest BCUT2D eigenvalue weighted by atomic mass is 9.67. The zero-order chi connectivity index (χ0) is 34.1. The van der Waals surface area contributed by atoms with E-state index in [2.05, 4.69) is 182 Å². The predicted molar refractivity (Wildman–Crippen MR) is 219 cm³/mol. The van der Waals surface area contributed by atoms with E-state index >= 15 is 0 Å². The minimum absolute atomic E-state index is 0.425. The number of hydrogen-bond donors (Lipinski definition) is 0. The zero-order valence-corrected chi connectivity index (χ0v) is 28.8. The van der Waals surface area contributed by atoms with Gasteiger partial charge >= 0.3 is 0 Å². The van der Waals surface area contributed by atoms with Crippen LogP contribution >= 0.6 is 11.3 Å². The smallest absolute Gasteiger partial charge is 0.0713 e. The molecule has 0 bridgehead atoms. The molecule has 1 aliphatic carbocycles. The summed E-state index contributed by atoms with van der Waals surface area (Å²) in [5, 5.41) is 3.72. The van der Waals surface area contributed by atoms with Crippen molar-refractivity contribution in [1.29, 1.82) is 0 Å². The molecule has 51 heavy (non-hydrogen) atoms. The van der Waals surface area contributed by atoms with Crippen molar-refractivity contribution in [2.24, 2.45) is 0 Å². The Hall–Kier alpha value is -6.22. The summed E-state index contributed by atoms with van der Waals surface area (Å²) in [6.07, 6.45) is 3.91. The van der Waals surface area contributed by atoms with Gasteiger partial charge in [-0.2, -0.15) is 0 Å². The van der Waals surface area contributed by atoms with Crippen LogP contribution in [0.5, 0.6) is 0 Å². The Morgan fingerprint density at radius 1 is 0.510 bits per heavy atom. The highest BCUT2D eigenvalue weighted by molar-refractivity contribution is 7.26. The fraction of sp³-hybridized carbons (Fsp3) is 0.0204. The second-order valence-electron chi connectivity index (χ2n) is 13.3. The van der Waals surface area contributed by atoms with Gasteiger partial charge in [0.15, 0.2) is 0 Å². The molecule has 0 aliphatic heterocycles. The van der Waals surface area contributed by atoms with Crippen LogP contribution in [0.4, 0.5) is 0 Å². The molecule has 2 heteroatoms. The lowest BCUT2D eigenvalue weighted by Gasteiger charge is -2.34. The maximum Gasteiger partial charge on any atom is 0.0713 e. The summed E-state index contributed by atoms with van der Waals surface area (Å²) in [5.41, 5.74) is 14.3. The summed E-state index contributed by atoms with van der Waals surface area (Å²) in [7, 11) is 0. The summed E-state index contributed by atoms with van der Waals surface area (Å²) in [6, 6.07) is 60.4. The van der Waals surface area contributed by atoms with Crippen LogP contribution in [0.25, 0.3) is 71.2 Å². The number of thiophene rings is 1. The van der Waals surface area contributed by atoms with Gasteiger partial charge in [-0.1, -0.05) is 153 Å². The molecule has 0 amide bonds. The summed E-state index contributed by atoms with van der Waals surface area (Å²) in [5.74, 6) is 0. The van der Waals surface area contributed by atoms with Gasteiger partial charge in [0.2, 0.25) is 0 Å². The summed E-state index contributed by atoms with van der Waals surface area (Å²) >= 11 is 1.86. The molecule has 10 rings (SSSR count). The molecule has 1 nitrogen and oxygen atoms in total. The molecule has 0 atom stereocenters. The maximum absolute atomic E-state index is 4.21. The summed E-state index contributed by atoms with van der Waals surface area (Å²) in [6.45, 7) is 8.36. The van der Waals surface area contributed by atoms with Gasteiger partial charge in [-0.05, 0) is 80.9 Å². The SMILES string of the molecule is C=Cc1c(C=C)n(-c2cccc3c2sc2ccc(-c4ccc5c(c4)C(c4ccccc4)(c4ccccc4)c4ccccc4-5)cc23)c2ccccc12. The van der Waals surface area contributed by atoms with Gasteiger partial charge in [0.05, 0.1) is 27.0 Å². The van der Waals surface area contributed by atoms with Crippen molar-refractivity contribution in [2.75, 3.05) is 0 Å². The minimum Gasteiger partial charge on any atom is -0.308 e. The number of para-hydroxylation sites is 1. The highest BCUT2D eigenvalue weighted by Crippen LogP contribution is 2.56.